The van der Waals surface area contributed by atoms with E-state index >= 15 is 0 Å². The first-order valence-corrected chi connectivity index (χ1v) is 6.38. The van der Waals surface area contributed by atoms with Crippen LogP contribution in [0.1, 0.15) is 30.9 Å². The second-order valence-electron chi connectivity index (χ2n) is 4.53. The average Bonchev–Trinajstić information content (AvgIpc) is 2.65. The summed E-state index contributed by atoms with van der Waals surface area (Å²) in [6.45, 7) is 3.63. The molecule has 0 spiro atoms. The number of nitrogens with zero attached hydrogens (tertiary/aromatic N) is 1. The fraction of sp³-hybridized carbons (Fsp3) is 0.500. The maximum Gasteiger partial charge on any atom is 0.231 e. The fourth-order valence-corrected chi connectivity index (χ4v) is 2.32. The predicted octanol–water partition coefficient (Wildman–Crippen LogP) is 1.88. The number of benzene rings is 1. The Balaban J connectivity index is 2.13. The van der Waals surface area contributed by atoms with Crippen molar-refractivity contribution in [1.82, 2.24) is 0 Å². The Morgan fingerprint density at radius 2 is 2.18 bits per heavy atom. The van der Waals surface area contributed by atoms with Crippen LogP contribution in [0.15, 0.2) is 18.2 Å². The molecular formula is C14H20N2O. The van der Waals surface area contributed by atoms with Gasteiger partial charge in [-0.15, -0.1) is 0 Å². The molecule has 2 rings (SSSR count). The summed E-state index contributed by atoms with van der Waals surface area (Å²) in [6, 6.07) is 6.37. The van der Waals surface area contributed by atoms with E-state index in [0.717, 1.165) is 31.5 Å². The Morgan fingerprint density at radius 1 is 1.35 bits per heavy atom. The second kappa shape index (κ2) is 5.32. The van der Waals surface area contributed by atoms with Crippen molar-refractivity contribution in [2.24, 2.45) is 5.73 Å². The van der Waals surface area contributed by atoms with Gasteiger partial charge in [-0.1, -0.05) is 19.1 Å². The van der Waals surface area contributed by atoms with Gasteiger partial charge in [0, 0.05) is 12.2 Å². The minimum atomic E-state index is 0.227. The monoisotopic (exact) mass is 232 g/mol. The van der Waals surface area contributed by atoms with E-state index in [9.17, 15) is 4.79 Å². The molecule has 2 N–H and O–H groups in total. The average molecular weight is 232 g/mol. The number of carbonyl (C=O) groups is 1. The summed E-state index contributed by atoms with van der Waals surface area (Å²) in [7, 11) is 0. The normalized spacial score (nSPS) is 14.2. The van der Waals surface area contributed by atoms with Crippen molar-refractivity contribution in [3.8, 4) is 0 Å². The maximum atomic E-state index is 11.9. The molecule has 0 saturated carbocycles. The molecule has 0 saturated heterocycles. The molecule has 0 fully saturated rings. The molecule has 0 atom stereocenters. The van der Waals surface area contributed by atoms with Crippen LogP contribution in [0.4, 0.5) is 5.69 Å². The Hall–Kier alpha value is -1.35. The Morgan fingerprint density at radius 3 is 2.88 bits per heavy atom. The SMILES string of the molecule is CCc1ccc2c(c1)CC(=O)N2CCCCN. The molecule has 17 heavy (non-hydrogen) atoms. The number of amides is 1. The number of carbonyl (C=O) groups excluding carboxylic acids is 1. The number of hydrogen-bond donors (Lipinski definition) is 1. The minimum absolute atomic E-state index is 0.227. The first kappa shape index (κ1) is 12.1. The summed E-state index contributed by atoms with van der Waals surface area (Å²) in [5, 5.41) is 0. The van der Waals surface area contributed by atoms with E-state index in [1.54, 1.807) is 0 Å². The molecule has 0 radical (unpaired) electrons. The fourth-order valence-electron chi connectivity index (χ4n) is 2.32. The number of rotatable bonds is 5. The van der Waals surface area contributed by atoms with Crippen LogP contribution in [0.3, 0.4) is 0 Å². The zero-order chi connectivity index (χ0) is 12.3. The molecule has 3 nitrogen and oxygen atoms in total. The lowest BCUT2D eigenvalue weighted by Crippen LogP contribution is -2.28. The van der Waals surface area contributed by atoms with Gasteiger partial charge in [-0.05, 0) is 43.0 Å². The summed E-state index contributed by atoms with van der Waals surface area (Å²) in [6.07, 6.45) is 3.55. The van der Waals surface area contributed by atoms with Gasteiger partial charge >= 0.3 is 0 Å². The lowest BCUT2D eigenvalue weighted by Gasteiger charge is -2.17. The number of anilines is 1. The van der Waals surface area contributed by atoms with E-state index in [1.165, 1.54) is 11.1 Å². The van der Waals surface area contributed by atoms with Gasteiger partial charge in [0.05, 0.1) is 6.42 Å². The van der Waals surface area contributed by atoms with E-state index in [-0.39, 0.29) is 5.91 Å². The highest BCUT2D eigenvalue weighted by molar-refractivity contribution is 6.01. The third kappa shape index (κ3) is 2.50. The van der Waals surface area contributed by atoms with E-state index in [2.05, 4.69) is 25.1 Å². The highest BCUT2D eigenvalue weighted by atomic mass is 16.2. The zero-order valence-electron chi connectivity index (χ0n) is 10.4. The van der Waals surface area contributed by atoms with Crippen molar-refractivity contribution in [3.63, 3.8) is 0 Å². The van der Waals surface area contributed by atoms with Gasteiger partial charge in [-0.2, -0.15) is 0 Å². The first-order chi connectivity index (χ1) is 8.26. The Bertz CT molecular complexity index is 415. The number of nitrogens with two attached hydrogens (primary N) is 1. The lowest BCUT2D eigenvalue weighted by atomic mass is 10.1. The molecule has 1 aliphatic heterocycles. The van der Waals surface area contributed by atoms with Gasteiger partial charge in [0.2, 0.25) is 5.91 Å². The Labute approximate surface area is 103 Å². The van der Waals surface area contributed by atoms with Crippen LogP contribution in [0.5, 0.6) is 0 Å². The van der Waals surface area contributed by atoms with Crippen LogP contribution in [0.2, 0.25) is 0 Å². The molecule has 0 aromatic heterocycles. The van der Waals surface area contributed by atoms with Crippen molar-refractivity contribution < 1.29 is 4.79 Å². The smallest absolute Gasteiger partial charge is 0.231 e. The molecule has 0 bridgehead atoms. The van der Waals surface area contributed by atoms with Crippen molar-refractivity contribution in [1.29, 1.82) is 0 Å². The van der Waals surface area contributed by atoms with Gasteiger partial charge in [-0.3, -0.25) is 4.79 Å². The molecule has 92 valence electrons. The molecule has 1 amide bonds. The van der Waals surface area contributed by atoms with Crippen LogP contribution in [-0.4, -0.2) is 19.0 Å². The van der Waals surface area contributed by atoms with Crippen LogP contribution in [0.25, 0.3) is 0 Å². The summed E-state index contributed by atoms with van der Waals surface area (Å²) < 4.78 is 0. The third-order valence-electron chi connectivity index (χ3n) is 3.32. The standard InChI is InChI=1S/C14H20N2O/c1-2-11-5-6-13-12(9-11)10-14(17)16(13)8-4-3-7-15/h5-6,9H,2-4,7-8,10,15H2,1H3. The first-order valence-electron chi connectivity index (χ1n) is 6.38. The molecule has 1 aliphatic rings. The number of unbranched alkanes of at least 4 members (excludes halogenated alkanes) is 1. The zero-order valence-corrected chi connectivity index (χ0v) is 10.4. The predicted molar refractivity (Wildman–Crippen MR) is 70.2 cm³/mol. The summed E-state index contributed by atoms with van der Waals surface area (Å²) in [5.74, 6) is 0.227. The van der Waals surface area contributed by atoms with Crippen LogP contribution in [-0.2, 0) is 17.6 Å². The molecule has 0 aliphatic carbocycles. The summed E-state index contributed by atoms with van der Waals surface area (Å²) in [5.41, 5.74) is 9.07. The van der Waals surface area contributed by atoms with Crippen LogP contribution in [0, 0.1) is 0 Å². The third-order valence-corrected chi connectivity index (χ3v) is 3.32. The number of hydrogen-bond acceptors (Lipinski definition) is 2. The Kier molecular flexibility index (Phi) is 3.79. The second-order valence-corrected chi connectivity index (χ2v) is 4.53. The largest absolute Gasteiger partial charge is 0.330 e. The van der Waals surface area contributed by atoms with Gasteiger partial charge in [0.25, 0.3) is 0 Å². The topological polar surface area (TPSA) is 46.3 Å². The lowest BCUT2D eigenvalue weighted by molar-refractivity contribution is -0.117. The van der Waals surface area contributed by atoms with Gasteiger partial charge < -0.3 is 10.6 Å². The van der Waals surface area contributed by atoms with Crippen molar-refractivity contribution in [2.45, 2.75) is 32.6 Å². The highest BCUT2D eigenvalue weighted by Gasteiger charge is 2.26. The van der Waals surface area contributed by atoms with Crippen LogP contribution >= 0.6 is 0 Å². The number of aryl methyl sites for hydroxylation is 1. The number of fused-ring (bicyclic) bond motifs is 1. The summed E-state index contributed by atoms with van der Waals surface area (Å²) in [4.78, 5) is 13.8. The summed E-state index contributed by atoms with van der Waals surface area (Å²) >= 11 is 0. The van der Waals surface area contributed by atoms with E-state index in [1.807, 2.05) is 4.90 Å². The quantitative estimate of drug-likeness (QED) is 0.788. The highest BCUT2D eigenvalue weighted by Crippen LogP contribution is 2.30. The molecule has 0 unspecified atom stereocenters. The van der Waals surface area contributed by atoms with Gasteiger partial charge in [-0.25, -0.2) is 0 Å². The van der Waals surface area contributed by atoms with E-state index in [0.29, 0.717) is 13.0 Å². The minimum Gasteiger partial charge on any atom is -0.330 e. The molecule has 1 aromatic rings. The van der Waals surface area contributed by atoms with Gasteiger partial charge in [0.15, 0.2) is 0 Å². The van der Waals surface area contributed by atoms with E-state index < -0.39 is 0 Å². The van der Waals surface area contributed by atoms with Gasteiger partial charge in [0.1, 0.15) is 0 Å². The van der Waals surface area contributed by atoms with Crippen LogP contribution < -0.4 is 10.6 Å². The maximum absolute atomic E-state index is 11.9. The van der Waals surface area contributed by atoms with E-state index in [4.69, 9.17) is 5.73 Å². The molecular weight excluding hydrogens is 212 g/mol. The molecule has 1 heterocycles. The molecule has 3 heteroatoms. The van der Waals surface area contributed by atoms with Crippen molar-refractivity contribution >= 4 is 11.6 Å². The van der Waals surface area contributed by atoms with Crippen molar-refractivity contribution in [2.75, 3.05) is 18.0 Å². The molecule has 1 aromatic carbocycles. The van der Waals surface area contributed by atoms with Crippen molar-refractivity contribution in [3.05, 3.63) is 29.3 Å².